The van der Waals surface area contributed by atoms with Gasteiger partial charge in [-0.25, -0.2) is 4.79 Å². The second-order valence-corrected chi connectivity index (χ2v) is 12.0. The van der Waals surface area contributed by atoms with Crippen LogP contribution in [0.2, 0.25) is 0 Å². The van der Waals surface area contributed by atoms with E-state index < -0.39 is 0 Å². The summed E-state index contributed by atoms with van der Waals surface area (Å²) in [5, 5.41) is 2.49. The first-order chi connectivity index (χ1) is 14.4. The zero-order valence-corrected chi connectivity index (χ0v) is 19.6. The lowest BCUT2D eigenvalue weighted by molar-refractivity contribution is -0.114. The lowest BCUT2D eigenvalue weighted by Crippen LogP contribution is -2.53. The molecule has 168 valence electrons. The van der Waals surface area contributed by atoms with Gasteiger partial charge in [0.25, 0.3) is 0 Å². The third-order valence-electron chi connectivity index (χ3n) is 10.9. The molecule has 9 atom stereocenters. The lowest BCUT2D eigenvalue weighted by Gasteiger charge is -2.60. The number of H-pyrrole nitrogens is 1. The van der Waals surface area contributed by atoms with Crippen molar-refractivity contribution in [2.24, 2.45) is 46.3 Å². The summed E-state index contributed by atoms with van der Waals surface area (Å²) in [5.41, 5.74) is 0.611. The van der Waals surface area contributed by atoms with Gasteiger partial charge in [0.05, 0.1) is 0 Å². The maximum atomic E-state index is 11.8. The summed E-state index contributed by atoms with van der Waals surface area (Å²) in [6, 6.07) is 0. The first-order valence-corrected chi connectivity index (χ1v) is 12.9. The number of hydrogen-bond acceptors (Lipinski definition) is 3. The molecular weight excluding hydrogens is 372 g/mol. The van der Waals surface area contributed by atoms with Crippen LogP contribution in [0.15, 0.2) is 9.32 Å². The number of fused-ring (bicyclic) bond motifs is 5. The summed E-state index contributed by atoms with van der Waals surface area (Å²) in [5.74, 6) is 5.70. The van der Waals surface area contributed by atoms with Crippen molar-refractivity contribution in [3.8, 4) is 0 Å². The Labute approximate surface area is 182 Å². The van der Waals surface area contributed by atoms with Crippen molar-refractivity contribution >= 4 is 0 Å². The predicted molar refractivity (Wildman–Crippen MR) is 119 cm³/mol. The first kappa shape index (κ1) is 20.8. The third-order valence-corrected chi connectivity index (χ3v) is 10.9. The molecule has 1 heterocycles. The van der Waals surface area contributed by atoms with Gasteiger partial charge in [-0.15, -0.1) is 0 Å². The fraction of sp³-hybridized carbons (Fsp3) is 0.923. The molecule has 1 aromatic heterocycles. The highest BCUT2D eigenvalue weighted by Gasteiger charge is 2.63. The summed E-state index contributed by atoms with van der Waals surface area (Å²) in [6.07, 6.45) is 15.1. The normalized spacial score (nSPS) is 46.7. The van der Waals surface area contributed by atoms with Crippen LogP contribution in [0.4, 0.5) is 0 Å². The Morgan fingerprint density at radius 3 is 2.67 bits per heavy atom. The first-order valence-electron chi connectivity index (χ1n) is 12.9. The number of nitrogens with one attached hydrogen (secondary N) is 1. The van der Waals surface area contributed by atoms with E-state index in [9.17, 15) is 4.79 Å². The molecule has 0 amide bonds. The van der Waals surface area contributed by atoms with Crippen molar-refractivity contribution in [1.29, 1.82) is 0 Å². The van der Waals surface area contributed by atoms with Crippen LogP contribution in [-0.2, 0) is 0 Å². The van der Waals surface area contributed by atoms with Gasteiger partial charge in [0.15, 0.2) is 0 Å². The van der Waals surface area contributed by atoms with Crippen molar-refractivity contribution in [2.75, 3.05) is 0 Å². The molecule has 4 fully saturated rings. The van der Waals surface area contributed by atoms with Crippen LogP contribution in [0, 0.1) is 46.3 Å². The number of rotatable bonds is 4. The van der Waals surface area contributed by atoms with E-state index in [-0.39, 0.29) is 5.69 Å². The average Bonchev–Trinajstić information content (AvgIpc) is 3.28. The number of aromatic amines is 1. The maximum Gasteiger partial charge on any atom is 0.377 e. The van der Waals surface area contributed by atoms with Crippen LogP contribution < -0.4 is 5.69 Å². The Kier molecular flexibility index (Phi) is 5.22. The van der Waals surface area contributed by atoms with E-state index in [0.717, 1.165) is 23.7 Å². The molecule has 5 rings (SSSR count). The van der Waals surface area contributed by atoms with Crippen molar-refractivity contribution < 1.29 is 4.52 Å². The highest BCUT2D eigenvalue weighted by molar-refractivity contribution is 5.15. The highest BCUT2D eigenvalue weighted by Crippen LogP contribution is 2.70. The second-order valence-electron chi connectivity index (χ2n) is 12.0. The van der Waals surface area contributed by atoms with E-state index in [1.807, 2.05) is 0 Å². The van der Waals surface area contributed by atoms with Crippen LogP contribution in [0.3, 0.4) is 0 Å². The van der Waals surface area contributed by atoms with Crippen molar-refractivity contribution in [3.63, 3.8) is 0 Å². The quantitative estimate of drug-likeness (QED) is 0.608. The van der Waals surface area contributed by atoms with Crippen molar-refractivity contribution in [3.05, 3.63) is 16.4 Å². The molecule has 4 heteroatoms. The molecule has 2 unspecified atom stereocenters. The Balaban J connectivity index is 1.50. The number of nitrogens with zero attached hydrogens (tertiary/aromatic N) is 1. The summed E-state index contributed by atoms with van der Waals surface area (Å²) in [6.45, 7) is 10.0. The Hall–Kier alpha value is -1.06. The van der Waals surface area contributed by atoms with Gasteiger partial charge in [0, 0.05) is 5.92 Å². The molecule has 0 spiro atoms. The molecule has 0 bridgehead atoms. The fourth-order valence-electron chi connectivity index (χ4n) is 9.72. The van der Waals surface area contributed by atoms with E-state index >= 15 is 0 Å². The number of aromatic nitrogens is 2. The number of hydrogen-bond donors (Lipinski definition) is 1. The van der Waals surface area contributed by atoms with Gasteiger partial charge in [-0.1, -0.05) is 53.4 Å². The van der Waals surface area contributed by atoms with E-state index in [1.165, 1.54) is 70.6 Å². The maximum absolute atomic E-state index is 11.8. The van der Waals surface area contributed by atoms with Gasteiger partial charge in [-0.05, 0) is 91.3 Å². The monoisotopic (exact) mass is 414 g/mol. The molecule has 1 aromatic rings. The zero-order chi connectivity index (χ0) is 21.1. The smallest absolute Gasteiger partial charge is 0.362 e. The standard InChI is InChI=1S/C26H42N2O2/c1-5-8-16(2)22-19(23-27-24(29)28-30-23)15-21-18-11-10-17-9-6-7-13-25(17,3)20(18)12-14-26(21,22)4/h16-22H,5-15H2,1-4H3,(H,28,29)/t16-,17?,18-,19?,20+,21+,22+,25+,26+/m1/s1. The fourth-order valence-corrected chi connectivity index (χ4v) is 9.72. The summed E-state index contributed by atoms with van der Waals surface area (Å²) < 4.78 is 5.65. The van der Waals surface area contributed by atoms with Gasteiger partial charge in [-0.2, -0.15) is 10.1 Å². The Morgan fingerprint density at radius 2 is 1.93 bits per heavy atom. The molecule has 4 saturated carbocycles. The molecule has 0 radical (unpaired) electrons. The van der Waals surface area contributed by atoms with Gasteiger partial charge in [0.2, 0.25) is 5.89 Å². The Morgan fingerprint density at radius 1 is 1.10 bits per heavy atom. The van der Waals surface area contributed by atoms with E-state index in [1.54, 1.807) is 0 Å². The molecule has 0 aromatic carbocycles. The van der Waals surface area contributed by atoms with Gasteiger partial charge < -0.3 is 4.52 Å². The van der Waals surface area contributed by atoms with Crippen LogP contribution in [0.1, 0.15) is 110 Å². The zero-order valence-electron chi connectivity index (χ0n) is 19.6. The molecule has 0 saturated heterocycles. The lowest BCUT2D eigenvalue weighted by atomic mass is 9.44. The molecule has 0 aliphatic heterocycles. The molecule has 4 nitrogen and oxygen atoms in total. The molecule has 30 heavy (non-hydrogen) atoms. The molecule has 4 aliphatic carbocycles. The topological polar surface area (TPSA) is 58.9 Å². The van der Waals surface area contributed by atoms with E-state index in [2.05, 4.69) is 37.8 Å². The molecule has 1 N–H and O–H groups in total. The predicted octanol–water partition coefficient (Wildman–Crippen LogP) is 6.54. The average molecular weight is 415 g/mol. The van der Waals surface area contributed by atoms with Crippen LogP contribution in [0.25, 0.3) is 0 Å². The molecular formula is C26H42N2O2. The minimum absolute atomic E-state index is 0.302. The van der Waals surface area contributed by atoms with E-state index in [4.69, 9.17) is 4.52 Å². The molecule has 4 aliphatic rings. The summed E-state index contributed by atoms with van der Waals surface area (Å²) >= 11 is 0. The van der Waals surface area contributed by atoms with Crippen LogP contribution >= 0.6 is 0 Å². The minimum atomic E-state index is -0.319. The highest BCUT2D eigenvalue weighted by atomic mass is 16.5. The summed E-state index contributed by atoms with van der Waals surface area (Å²) in [4.78, 5) is 16.1. The summed E-state index contributed by atoms with van der Waals surface area (Å²) in [7, 11) is 0. The van der Waals surface area contributed by atoms with Gasteiger partial charge in [0.1, 0.15) is 0 Å². The van der Waals surface area contributed by atoms with Crippen molar-refractivity contribution in [1.82, 2.24) is 10.1 Å². The minimum Gasteiger partial charge on any atom is -0.362 e. The van der Waals surface area contributed by atoms with Crippen molar-refractivity contribution in [2.45, 2.75) is 104 Å². The SMILES string of the molecule is CCC[C@@H](C)[C@H]1C(c2nc(=O)[nH]o2)C[C@H]2[C@@H]3CCC4CCCC[C@]4(C)[C@H]3CC[C@]12C. The second kappa shape index (κ2) is 7.52. The van der Waals surface area contributed by atoms with Crippen LogP contribution in [-0.4, -0.2) is 10.1 Å². The Bertz CT molecular complexity index is 814. The van der Waals surface area contributed by atoms with E-state index in [0.29, 0.717) is 34.5 Å². The third kappa shape index (κ3) is 2.98. The van der Waals surface area contributed by atoms with Gasteiger partial charge >= 0.3 is 5.69 Å². The van der Waals surface area contributed by atoms with Crippen LogP contribution in [0.5, 0.6) is 0 Å². The van der Waals surface area contributed by atoms with Gasteiger partial charge in [-0.3, -0.25) is 0 Å². The largest absolute Gasteiger partial charge is 0.377 e.